The van der Waals surface area contributed by atoms with Gasteiger partial charge in [-0.15, -0.1) is 0 Å². The molecule has 2 rings (SSSR count). The Balaban J connectivity index is 2.06. The van der Waals surface area contributed by atoms with Gasteiger partial charge in [-0.2, -0.15) is 5.10 Å². The van der Waals surface area contributed by atoms with Gasteiger partial charge in [0.15, 0.2) is 0 Å². The minimum atomic E-state index is -3.67. The van der Waals surface area contributed by atoms with Crippen molar-refractivity contribution in [1.29, 1.82) is 0 Å². The van der Waals surface area contributed by atoms with E-state index in [0.29, 0.717) is 12.1 Å². The molecule has 108 valence electrons. The number of nitrogen functional groups attached to an aromatic ring is 1. The number of halogens is 1. The maximum Gasteiger partial charge on any atom is 0.242 e. The van der Waals surface area contributed by atoms with Gasteiger partial charge in [-0.05, 0) is 30.2 Å². The van der Waals surface area contributed by atoms with Gasteiger partial charge in [0.05, 0.1) is 11.2 Å². The van der Waals surface area contributed by atoms with Gasteiger partial charge in [0.25, 0.3) is 0 Å². The van der Waals surface area contributed by atoms with Crippen LogP contribution in [0.2, 0.25) is 5.02 Å². The first-order valence-corrected chi connectivity index (χ1v) is 7.77. The lowest BCUT2D eigenvalue weighted by atomic mass is 10.3. The van der Waals surface area contributed by atoms with Gasteiger partial charge in [0.1, 0.15) is 4.90 Å². The topological polar surface area (TPSA) is 90.0 Å². The minimum Gasteiger partial charge on any atom is -0.399 e. The molecule has 0 radical (unpaired) electrons. The van der Waals surface area contributed by atoms with Gasteiger partial charge in [0, 0.05) is 25.5 Å². The van der Waals surface area contributed by atoms with Crippen LogP contribution in [0.15, 0.2) is 35.5 Å². The molecule has 8 heteroatoms. The number of nitrogens with one attached hydrogen (secondary N) is 1. The van der Waals surface area contributed by atoms with E-state index in [4.69, 9.17) is 17.3 Å². The highest BCUT2D eigenvalue weighted by atomic mass is 35.5. The third kappa shape index (κ3) is 3.50. The Bertz CT molecular complexity index is 712. The number of rotatable bonds is 5. The summed E-state index contributed by atoms with van der Waals surface area (Å²) < 4.78 is 28.4. The van der Waals surface area contributed by atoms with E-state index in [9.17, 15) is 8.42 Å². The average Bonchev–Trinajstić information content (AvgIpc) is 2.78. The lowest BCUT2D eigenvalue weighted by Crippen LogP contribution is -2.26. The molecule has 0 fully saturated rings. The average molecular weight is 315 g/mol. The smallest absolute Gasteiger partial charge is 0.242 e. The highest BCUT2D eigenvalue weighted by Gasteiger charge is 2.17. The Morgan fingerprint density at radius 2 is 2.20 bits per heavy atom. The van der Waals surface area contributed by atoms with Gasteiger partial charge >= 0.3 is 0 Å². The zero-order chi connectivity index (χ0) is 14.8. The largest absolute Gasteiger partial charge is 0.399 e. The fourth-order valence-electron chi connectivity index (χ4n) is 1.73. The molecule has 0 saturated carbocycles. The van der Waals surface area contributed by atoms with E-state index in [-0.39, 0.29) is 16.5 Å². The van der Waals surface area contributed by atoms with Gasteiger partial charge < -0.3 is 5.73 Å². The third-order valence-corrected chi connectivity index (χ3v) is 4.65. The van der Waals surface area contributed by atoms with E-state index < -0.39 is 10.0 Å². The summed E-state index contributed by atoms with van der Waals surface area (Å²) in [4.78, 5) is -0.00893. The molecule has 0 bridgehead atoms. The molecule has 6 nitrogen and oxygen atoms in total. The number of aromatic nitrogens is 2. The van der Waals surface area contributed by atoms with Crippen LogP contribution in [0.4, 0.5) is 5.69 Å². The van der Waals surface area contributed by atoms with Crippen LogP contribution >= 0.6 is 11.6 Å². The molecule has 0 atom stereocenters. The second-order valence-corrected chi connectivity index (χ2v) is 6.50. The van der Waals surface area contributed by atoms with Crippen molar-refractivity contribution in [2.75, 3.05) is 12.3 Å². The Morgan fingerprint density at radius 3 is 2.85 bits per heavy atom. The van der Waals surface area contributed by atoms with E-state index in [0.717, 1.165) is 5.56 Å². The van der Waals surface area contributed by atoms with Crippen LogP contribution < -0.4 is 10.5 Å². The zero-order valence-corrected chi connectivity index (χ0v) is 12.4. The number of hydrogen-bond donors (Lipinski definition) is 2. The fourth-order valence-corrected chi connectivity index (χ4v) is 3.30. The Morgan fingerprint density at radius 1 is 1.45 bits per heavy atom. The van der Waals surface area contributed by atoms with Crippen molar-refractivity contribution < 1.29 is 8.42 Å². The SMILES string of the molecule is Cn1cc(CCNS(=O)(=O)c2cc(N)ccc2Cl)cn1. The maximum atomic E-state index is 12.1. The molecule has 1 heterocycles. The van der Waals surface area contributed by atoms with Crippen LogP contribution in [0.3, 0.4) is 0 Å². The summed E-state index contributed by atoms with van der Waals surface area (Å²) in [5.74, 6) is 0. The number of nitrogens with zero attached hydrogens (tertiary/aromatic N) is 2. The number of hydrogen-bond acceptors (Lipinski definition) is 4. The van der Waals surface area contributed by atoms with Crippen molar-refractivity contribution in [2.24, 2.45) is 7.05 Å². The Kier molecular flexibility index (Phi) is 4.32. The molecule has 0 aliphatic carbocycles. The van der Waals surface area contributed by atoms with Crippen molar-refractivity contribution in [3.8, 4) is 0 Å². The minimum absolute atomic E-state index is 0.00893. The molecule has 0 amide bonds. The van der Waals surface area contributed by atoms with E-state index >= 15 is 0 Å². The molecule has 0 unspecified atom stereocenters. The maximum absolute atomic E-state index is 12.1. The first-order chi connectivity index (χ1) is 9.38. The van der Waals surface area contributed by atoms with Crippen LogP contribution in [0.1, 0.15) is 5.56 Å². The molecule has 0 aliphatic rings. The van der Waals surface area contributed by atoms with Crippen LogP contribution in [-0.2, 0) is 23.5 Å². The highest BCUT2D eigenvalue weighted by molar-refractivity contribution is 7.89. The number of aryl methyl sites for hydroxylation is 1. The zero-order valence-electron chi connectivity index (χ0n) is 10.9. The predicted octanol–water partition coefficient (Wildman–Crippen LogP) is 1.18. The number of benzene rings is 1. The summed E-state index contributed by atoms with van der Waals surface area (Å²) in [6, 6.07) is 4.36. The second kappa shape index (κ2) is 5.82. The number of nitrogens with two attached hydrogens (primary N) is 1. The molecule has 0 saturated heterocycles. The molecular formula is C12H15ClN4O2S. The Labute approximate surface area is 122 Å². The van der Waals surface area contributed by atoms with Crippen molar-refractivity contribution in [3.63, 3.8) is 0 Å². The van der Waals surface area contributed by atoms with Crippen molar-refractivity contribution in [2.45, 2.75) is 11.3 Å². The molecule has 3 N–H and O–H groups in total. The first kappa shape index (κ1) is 14.8. The predicted molar refractivity (Wildman–Crippen MR) is 78.0 cm³/mol. The van der Waals surface area contributed by atoms with E-state index in [1.807, 2.05) is 6.20 Å². The number of sulfonamides is 1. The van der Waals surface area contributed by atoms with Crippen LogP contribution in [-0.4, -0.2) is 24.7 Å². The van der Waals surface area contributed by atoms with E-state index in [1.165, 1.54) is 12.1 Å². The monoisotopic (exact) mass is 314 g/mol. The van der Waals surface area contributed by atoms with Crippen LogP contribution in [0.25, 0.3) is 0 Å². The third-order valence-electron chi connectivity index (χ3n) is 2.71. The second-order valence-electron chi connectivity index (χ2n) is 4.36. The summed E-state index contributed by atoms with van der Waals surface area (Å²) in [6.45, 7) is 0.263. The van der Waals surface area contributed by atoms with Crippen molar-refractivity contribution in [3.05, 3.63) is 41.2 Å². The summed E-state index contributed by atoms with van der Waals surface area (Å²) in [7, 11) is -1.86. The number of anilines is 1. The van der Waals surface area contributed by atoms with Crippen molar-refractivity contribution in [1.82, 2.24) is 14.5 Å². The molecule has 0 spiro atoms. The fraction of sp³-hybridized carbons (Fsp3) is 0.250. The van der Waals surface area contributed by atoms with Gasteiger partial charge in [-0.3, -0.25) is 4.68 Å². The molecule has 1 aromatic heterocycles. The first-order valence-electron chi connectivity index (χ1n) is 5.91. The normalized spacial score (nSPS) is 11.7. The summed E-state index contributed by atoms with van der Waals surface area (Å²) in [6.07, 6.45) is 4.08. The van der Waals surface area contributed by atoms with Gasteiger partial charge in [0.2, 0.25) is 10.0 Å². The molecular weight excluding hydrogens is 300 g/mol. The Hall–Kier alpha value is -1.57. The molecule has 0 aliphatic heterocycles. The van der Waals surface area contributed by atoms with Gasteiger partial charge in [-0.1, -0.05) is 11.6 Å². The molecule has 1 aromatic carbocycles. The van der Waals surface area contributed by atoms with Gasteiger partial charge in [-0.25, -0.2) is 13.1 Å². The quantitative estimate of drug-likeness (QED) is 0.811. The van der Waals surface area contributed by atoms with Crippen LogP contribution in [0.5, 0.6) is 0 Å². The molecule has 2 aromatic rings. The highest BCUT2D eigenvalue weighted by Crippen LogP contribution is 2.23. The van der Waals surface area contributed by atoms with E-state index in [1.54, 1.807) is 24.0 Å². The lowest BCUT2D eigenvalue weighted by molar-refractivity contribution is 0.581. The summed E-state index contributed by atoms with van der Waals surface area (Å²) >= 11 is 5.89. The summed E-state index contributed by atoms with van der Waals surface area (Å²) in [5.41, 5.74) is 6.89. The van der Waals surface area contributed by atoms with Crippen molar-refractivity contribution >= 4 is 27.3 Å². The standard InChI is InChI=1S/C12H15ClN4O2S/c1-17-8-9(7-15-17)4-5-16-20(18,19)12-6-10(14)2-3-11(12)13/h2-3,6-8,16H,4-5,14H2,1H3. The lowest BCUT2D eigenvalue weighted by Gasteiger charge is -2.08. The molecule has 20 heavy (non-hydrogen) atoms. The van der Waals surface area contributed by atoms with E-state index in [2.05, 4.69) is 9.82 Å². The summed E-state index contributed by atoms with van der Waals surface area (Å²) in [5, 5.41) is 4.16. The van der Waals surface area contributed by atoms with Crippen LogP contribution in [0, 0.1) is 0 Å².